The van der Waals surface area contributed by atoms with Gasteiger partial charge in [0.1, 0.15) is 0 Å². The molecule has 1 aliphatic rings. The van der Waals surface area contributed by atoms with Gasteiger partial charge in [-0.3, -0.25) is 4.79 Å². The molecule has 8 heteroatoms. The van der Waals surface area contributed by atoms with Crippen molar-refractivity contribution >= 4 is 38.9 Å². The highest BCUT2D eigenvalue weighted by Gasteiger charge is 2.33. The summed E-state index contributed by atoms with van der Waals surface area (Å²) in [7, 11) is -3.54. The lowest BCUT2D eigenvalue weighted by atomic mass is 9.96. The van der Waals surface area contributed by atoms with Gasteiger partial charge in [-0.2, -0.15) is 4.31 Å². The summed E-state index contributed by atoms with van der Waals surface area (Å²) < 4.78 is 27.4. The maximum absolute atomic E-state index is 13.1. The Bertz CT molecular complexity index is 1150. The van der Waals surface area contributed by atoms with E-state index >= 15 is 0 Å². The molecule has 0 saturated carbocycles. The number of aryl methyl sites for hydroxylation is 1. The number of thiophene rings is 1. The third kappa shape index (κ3) is 5.07. The number of halogens is 1. The standard InChI is InChI=1S/C24H25ClN2O3S2/c1-17-4-10-21(11-5-17)32(29,30)27-14-12-19(13-15-27)24(28)26-23(22-3-2-16-31-22)18-6-8-20(25)9-7-18/h2-11,16,19,23H,12-15H2,1H3,(H,26,28). The highest BCUT2D eigenvalue weighted by atomic mass is 35.5. The SMILES string of the molecule is Cc1ccc(S(=O)(=O)N2CCC(C(=O)NC(c3ccc(Cl)cc3)c3cccs3)CC2)cc1. The van der Waals surface area contributed by atoms with Gasteiger partial charge in [0, 0.05) is 28.9 Å². The molecule has 1 fully saturated rings. The number of sulfonamides is 1. The van der Waals surface area contributed by atoms with Gasteiger partial charge in [0.25, 0.3) is 0 Å². The molecule has 0 bridgehead atoms. The van der Waals surface area contributed by atoms with Crippen LogP contribution in [-0.4, -0.2) is 31.7 Å². The van der Waals surface area contributed by atoms with E-state index in [1.54, 1.807) is 35.6 Å². The molecule has 1 unspecified atom stereocenters. The fraction of sp³-hybridized carbons (Fsp3) is 0.292. The summed E-state index contributed by atoms with van der Waals surface area (Å²) in [6.45, 7) is 2.59. The molecule has 0 radical (unpaired) electrons. The first-order valence-corrected chi connectivity index (χ1v) is 13.2. The van der Waals surface area contributed by atoms with Crippen molar-refractivity contribution in [2.45, 2.75) is 30.7 Å². The second kappa shape index (κ2) is 9.75. The Morgan fingerprint density at radius 2 is 1.72 bits per heavy atom. The minimum absolute atomic E-state index is 0.0502. The van der Waals surface area contributed by atoms with Crippen molar-refractivity contribution in [3.63, 3.8) is 0 Å². The zero-order chi connectivity index (χ0) is 22.7. The molecular weight excluding hydrogens is 464 g/mol. The molecule has 2 heterocycles. The number of carbonyl (C=O) groups is 1. The summed E-state index contributed by atoms with van der Waals surface area (Å²) in [5.74, 6) is -0.278. The zero-order valence-electron chi connectivity index (χ0n) is 17.7. The van der Waals surface area contributed by atoms with Crippen LogP contribution in [0.4, 0.5) is 0 Å². The van der Waals surface area contributed by atoms with Crippen LogP contribution in [0.25, 0.3) is 0 Å². The maximum atomic E-state index is 13.1. The summed E-state index contributed by atoms with van der Waals surface area (Å²) in [6, 6.07) is 18.1. The van der Waals surface area contributed by atoms with E-state index in [-0.39, 0.29) is 17.9 Å². The summed E-state index contributed by atoms with van der Waals surface area (Å²) in [6.07, 6.45) is 0.989. The molecule has 1 aliphatic heterocycles. The smallest absolute Gasteiger partial charge is 0.243 e. The zero-order valence-corrected chi connectivity index (χ0v) is 20.1. The van der Waals surface area contributed by atoms with Gasteiger partial charge in [-0.05, 0) is 61.0 Å². The Kier molecular flexibility index (Phi) is 7.00. The van der Waals surface area contributed by atoms with E-state index < -0.39 is 10.0 Å². The molecule has 4 rings (SSSR count). The van der Waals surface area contributed by atoms with Crippen molar-refractivity contribution in [1.82, 2.24) is 9.62 Å². The quantitative estimate of drug-likeness (QED) is 0.530. The van der Waals surface area contributed by atoms with Crippen molar-refractivity contribution in [3.8, 4) is 0 Å². The molecule has 1 aromatic heterocycles. The van der Waals surface area contributed by atoms with Gasteiger partial charge in [-0.15, -0.1) is 11.3 Å². The van der Waals surface area contributed by atoms with E-state index in [0.29, 0.717) is 35.8 Å². The third-order valence-electron chi connectivity index (χ3n) is 5.80. The Hall–Kier alpha value is -2.19. The van der Waals surface area contributed by atoms with Crippen molar-refractivity contribution in [2.24, 2.45) is 5.92 Å². The Morgan fingerprint density at radius 1 is 1.06 bits per heavy atom. The first-order valence-electron chi connectivity index (χ1n) is 10.5. The summed E-state index contributed by atoms with van der Waals surface area (Å²) in [5.41, 5.74) is 1.98. The lowest BCUT2D eigenvalue weighted by molar-refractivity contribution is -0.126. The summed E-state index contributed by atoms with van der Waals surface area (Å²) in [5, 5.41) is 5.81. The molecule has 0 spiro atoms. The lowest BCUT2D eigenvalue weighted by Gasteiger charge is -2.31. The van der Waals surface area contributed by atoms with Crippen LogP contribution in [0.5, 0.6) is 0 Å². The van der Waals surface area contributed by atoms with Crippen molar-refractivity contribution in [3.05, 3.63) is 87.1 Å². The number of nitrogens with one attached hydrogen (secondary N) is 1. The molecular formula is C24H25ClN2O3S2. The molecule has 32 heavy (non-hydrogen) atoms. The van der Waals surface area contributed by atoms with Crippen molar-refractivity contribution in [2.75, 3.05) is 13.1 Å². The average Bonchev–Trinajstić information content (AvgIpc) is 3.33. The van der Waals surface area contributed by atoms with E-state index in [9.17, 15) is 13.2 Å². The Balaban J connectivity index is 1.43. The van der Waals surface area contributed by atoms with Crippen LogP contribution < -0.4 is 5.32 Å². The van der Waals surface area contributed by atoms with Gasteiger partial charge < -0.3 is 5.32 Å². The number of piperidine rings is 1. The van der Waals surface area contributed by atoms with Crippen molar-refractivity contribution in [1.29, 1.82) is 0 Å². The summed E-state index contributed by atoms with van der Waals surface area (Å²) in [4.78, 5) is 14.4. The van der Waals surface area contributed by atoms with Gasteiger partial charge in [0.05, 0.1) is 10.9 Å². The average molecular weight is 489 g/mol. The highest BCUT2D eigenvalue weighted by Crippen LogP contribution is 2.29. The number of carbonyl (C=O) groups excluding carboxylic acids is 1. The monoisotopic (exact) mass is 488 g/mol. The van der Waals surface area contributed by atoms with Crippen LogP contribution in [0.1, 0.15) is 34.9 Å². The fourth-order valence-corrected chi connectivity index (χ4v) is 6.31. The van der Waals surface area contributed by atoms with E-state index in [2.05, 4.69) is 5.32 Å². The normalized spacial score (nSPS) is 16.6. The van der Waals surface area contributed by atoms with Crippen LogP contribution in [0.3, 0.4) is 0 Å². The minimum Gasteiger partial charge on any atom is -0.344 e. The second-order valence-electron chi connectivity index (χ2n) is 8.00. The number of nitrogens with zero attached hydrogens (tertiary/aromatic N) is 1. The number of rotatable bonds is 6. The lowest BCUT2D eigenvalue weighted by Crippen LogP contribution is -2.43. The molecule has 5 nitrogen and oxygen atoms in total. The van der Waals surface area contributed by atoms with Gasteiger partial charge in [0.2, 0.25) is 15.9 Å². The molecule has 2 aromatic carbocycles. The van der Waals surface area contributed by atoms with E-state index in [1.165, 1.54) is 4.31 Å². The van der Waals surface area contributed by atoms with Gasteiger partial charge >= 0.3 is 0 Å². The molecule has 1 amide bonds. The van der Waals surface area contributed by atoms with E-state index in [1.807, 2.05) is 48.7 Å². The van der Waals surface area contributed by atoms with Crippen LogP contribution in [0, 0.1) is 12.8 Å². The number of hydrogen-bond donors (Lipinski definition) is 1. The molecule has 1 N–H and O–H groups in total. The topological polar surface area (TPSA) is 66.5 Å². The molecule has 1 saturated heterocycles. The third-order valence-corrected chi connectivity index (χ3v) is 8.90. The molecule has 0 aliphatic carbocycles. The molecule has 3 aromatic rings. The fourth-order valence-electron chi connectivity index (χ4n) is 3.91. The van der Waals surface area contributed by atoms with Crippen LogP contribution in [-0.2, 0) is 14.8 Å². The highest BCUT2D eigenvalue weighted by molar-refractivity contribution is 7.89. The van der Waals surface area contributed by atoms with E-state index in [0.717, 1.165) is 16.0 Å². The largest absolute Gasteiger partial charge is 0.344 e. The summed E-state index contributed by atoms with van der Waals surface area (Å²) >= 11 is 7.62. The molecule has 168 valence electrons. The van der Waals surface area contributed by atoms with E-state index in [4.69, 9.17) is 11.6 Å². The predicted molar refractivity (Wildman–Crippen MR) is 128 cm³/mol. The minimum atomic E-state index is -3.54. The van der Waals surface area contributed by atoms with Crippen LogP contribution in [0.2, 0.25) is 5.02 Å². The van der Waals surface area contributed by atoms with Gasteiger partial charge in [-0.1, -0.05) is 47.5 Å². The van der Waals surface area contributed by atoms with Crippen molar-refractivity contribution < 1.29 is 13.2 Å². The first kappa shape index (κ1) is 23.0. The molecule has 1 atom stereocenters. The number of hydrogen-bond acceptors (Lipinski definition) is 4. The van der Waals surface area contributed by atoms with Crippen LogP contribution >= 0.6 is 22.9 Å². The van der Waals surface area contributed by atoms with Gasteiger partial charge in [-0.25, -0.2) is 8.42 Å². The predicted octanol–water partition coefficient (Wildman–Crippen LogP) is 5.02. The Labute approximate surface area is 198 Å². The first-order chi connectivity index (χ1) is 15.3. The van der Waals surface area contributed by atoms with Gasteiger partial charge in [0.15, 0.2) is 0 Å². The number of amides is 1. The number of benzene rings is 2. The second-order valence-corrected chi connectivity index (χ2v) is 11.4. The maximum Gasteiger partial charge on any atom is 0.243 e. The van der Waals surface area contributed by atoms with Crippen LogP contribution in [0.15, 0.2) is 70.9 Å². The Morgan fingerprint density at radius 3 is 2.31 bits per heavy atom.